The molecule has 0 aromatic heterocycles. The van der Waals surface area contributed by atoms with E-state index in [0.29, 0.717) is 27.7 Å². The summed E-state index contributed by atoms with van der Waals surface area (Å²) in [6.07, 6.45) is 0. The lowest BCUT2D eigenvalue weighted by Gasteiger charge is -2.21. The Bertz CT molecular complexity index is 662. The molecular formula is C15H12Cl3F2N. The van der Waals surface area contributed by atoms with Crippen LogP contribution in [0.15, 0.2) is 30.3 Å². The molecule has 2 aromatic rings. The summed E-state index contributed by atoms with van der Waals surface area (Å²) in [6, 6.07) is 6.52. The van der Waals surface area contributed by atoms with Crippen molar-refractivity contribution in [2.45, 2.75) is 13.0 Å². The first-order valence-electron chi connectivity index (χ1n) is 6.26. The van der Waals surface area contributed by atoms with Crippen LogP contribution in [-0.2, 0) is 0 Å². The second kappa shape index (κ2) is 6.93. The van der Waals surface area contributed by atoms with Crippen LogP contribution >= 0.6 is 34.8 Å². The second-order valence-electron chi connectivity index (χ2n) is 4.44. The number of hydrogen-bond acceptors (Lipinski definition) is 1. The predicted molar refractivity (Wildman–Crippen MR) is 83.3 cm³/mol. The van der Waals surface area contributed by atoms with Gasteiger partial charge < -0.3 is 5.32 Å². The van der Waals surface area contributed by atoms with Gasteiger partial charge in [0.2, 0.25) is 0 Å². The van der Waals surface area contributed by atoms with Gasteiger partial charge in [0.1, 0.15) is 0 Å². The van der Waals surface area contributed by atoms with Crippen molar-refractivity contribution in [1.82, 2.24) is 5.32 Å². The van der Waals surface area contributed by atoms with E-state index in [1.165, 1.54) is 0 Å². The molecule has 0 bridgehead atoms. The van der Waals surface area contributed by atoms with Crippen LogP contribution in [0.25, 0.3) is 0 Å². The second-order valence-corrected chi connectivity index (χ2v) is 5.70. The van der Waals surface area contributed by atoms with Gasteiger partial charge in [-0.2, -0.15) is 0 Å². The van der Waals surface area contributed by atoms with E-state index in [1.807, 2.05) is 6.92 Å². The predicted octanol–water partition coefficient (Wildman–Crippen LogP) is 5.62. The number of benzene rings is 2. The van der Waals surface area contributed by atoms with Crippen molar-refractivity contribution >= 4 is 34.8 Å². The maximum absolute atomic E-state index is 13.5. The van der Waals surface area contributed by atoms with Crippen molar-refractivity contribution in [2.75, 3.05) is 6.54 Å². The Balaban J connectivity index is 2.58. The normalized spacial score (nSPS) is 12.5. The summed E-state index contributed by atoms with van der Waals surface area (Å²) in [4.78, 5) is 0. The van der Waals surface area contributed by atoms with Crippen LogP contribution in [0.2, 0.25) is 15.1 Å². The molecule has 2 aromatic carbocycles. The highest BCUT2D eigenvalue weighted by atomic mass is 35.5. The molecule has 6 heteroatoms. The lowest BCUT2D eigenvalue weighted by atomic mass is 9.98. The van der Waals surface area contributed by atoms with E-state index in [0.717, 1.165) is 12.1 Å². The molecule has 0 amide bonds. The van der Waals surface area contributed by atoms with Crippen LogP contribution in [-0.4, -0.2) is 6.54 Å². The molecule has 0 heterocycles. The molecule has 0 radical (unpaired) electrons. The summed E-state index contributed by atoms with van der Waals surface area (Å²) in [7, 11) is 0. The summed E-state index contributed by atoms with van der Waals surface area (Å²) >= 11 is 18.2. The molecule has 1 N–H and O–H groups in total. The number of hydrogen-bond donors (Lipinski definition) is 1. The van der Waals surface area contributed by atoms with Crippen LogP contribution in [0.3, 0.4) is 0 Å². The first-order chi connectivity index (χ1) is 9.93. The van der Waals surface area contributed by atoms with E-state index in [4.69, 9.17) is 34.8 Å². The smallest absolute Gasteiger partial charge is 0.160 e. The third-order valence-electron chi connectivity index (χ3n) is 3.03. The molecule has 0 aliphatic carbocycles. The first kappa shape index (κ1) is 16.5. The van der Waals surface area contributed by atoms with Crippen molar-refractivity contribution in [3.05, 3.63) is 68.2 Å². The van der Waals surface area contributed by atoms with E-state index in [2.05, 4.69) is 5.32 Å². The molecule has 0 fully saturated rings. The lowest BCUT2D eigenvalue weighted by molar-refractivity contribution is 0.504. The average Bonchev–Trinajstić information content (AvgIpc) is 2.43. The van der Waals surface area contributed by atoms with Gasteiger partial charge in [0, 0.05) is 15.1 Å². The number of rotatable bonds is 4. The van der Waals surface area contributed by atoms with Crippen LogP contribution in [0.1, 0.15) is 24.1 Å². The zero-order valence-corrected chi connectivity index (χ0v) is 13.3. The van der Waals surface area contributed by atoms with Crippen molar-refractivity contribution in [2.24, 2.45) is 0 Å². The maximum Gasteiger partial charge on any atom is 0.160 e. The molecule has 1 nitrogen and oxygen atoms in total. The molecule has 21 heavy (non-hydrogen) atoms. The molecular weight excluding hydrogens is 339 g/mol. The summed E-state index contributed by atoms with van der Waals surface area (Å²) in [6.45, 7) is 2.47. The maximum atomic E-state index is 13.5. The monoisotopic (exact) mass is 349 g/mol. The SMILES string of the molecule is CCNC(c1cc(Cl)ccc1Cl)c1cc(F)c(F)cc1Cl. The zero-order chi connectivity index (χ0) is 15.6. The van der Waals surface area contributed by atoms with Crippen LogP contribution in [0.4, 0.5) is 8.78 Å². The van der Waals surface area contributed by atoms with Crippen LogP contribution in [0.5, 0.6) is 0 Å². The minimum absolute atomic E-state index is 0.121. The van der Waals surface area contributed by atoms with Gasteiger partial charge in [-0.05, 0) is 48.0 Å². The van der Waals surface area contributed by atoms with E-state index in [9.17, 15) is 8.78 Å². The highest BCUT2D eigenvalue weighted by Gasteiger charge is 2.21. The molecule has 0 aliphatic rings. The Hall–Kier alpha value is -0.870. The number of halogens is 5. The molecule has 112 valence electrons. The van der Waals surface area contributed by atoms with Crippen molar-refractivity contribution in [1.29, 1.82) is 0 Å². The van der Waals surface area contributed by atoms with Crippen LogP contribution < -0.4 is 5.32 Å². The van der Waals surface area contributed by atoms with Gasteiger partial charge in [0.25, 0.3) is 0 Å². The molecule has 1 unspecified atom stereocenters. The van der Waals surface area contributed by atoms with E-state index >= 15 is 0 Å². The highest BCUT2D eigenvalue weighted by molar-refractivity contribution is 6.34. The standard InChI is InChI=1S/C15H12Cl3F2N/c1-2-21-15(9-5-8(16)3-4-11(9)17)10-6-13(19)14(20)7-12(10)18/h3-7,15,21H,2H2,1H3. The van der Waals surface area contributed by atoms with Crippen molar-refractivity contribution in [3.63, 3.8) is 0 Å². The van der Waals surface area contributed by atoms with Gasteiger partial charge in [-0.3, -0.25) is 0 Å². The number of nitrogens with one attached hydrogen (secondary N) is 1. The van der Waals surface area contributed by atoms with Gasteiger partial charge in [0.05, 0.1) is 6.04 Å². The molecule has 2 rings (SSSR count). The van der Waals surface area contributed by atoms with Gasteiger partial charge in [0.15, 0.2) is 11.6 Å². The highest BCUT2D eigenvalue weighted by Crippen LogP contribution is 2.34. The van der Waals surface area contributed by atoms with E-state index in [-0.39, 0.29) is 5.02 Å². The Morgan fingerprint density at radius 3 is 2.24 bits per heavy atom. The molecule has 1 atom stereocenters. The minimum Gasteiger partial charge on any atom is -0.306 e. The van der Waals surface area contributed by atoms with Gasteiger partial charge in [-0.25, -0.2) is 8.78 Å². The Morgan fingerprint density at radius 1 is 0.952 bits per heavy atom. The van der Waals surface area contributed by atoms with E-state index < -0.39 is 17.7 Å². The lowest BCUT2D eigenvalue weighted by Crippen LogP contribution is -2.23. The fourth-order valence-corrected chi connectivity index (χ4v) is 2.75. The van der Waals surface area contributed by atoms with Gasteiger partial charge in [-0.15, -0.1) is 0 Å². The summed E-state index contributed by atoms with van der Waals surface area (Å²) < 4.78 is 26.8. The largest absolute Gasteiger partial charge is 0.306 e. The Morgan fingerprint density at radius 2 is 1.57 bits per heavy atom. The zero-order valence-electron chi connectivity index (χ0n) is 11.1. The quantitative estimate of drug-likeness (QED) is 0.705. The Kier molecular flexibility index (Phi) is 5.44. The van der Waals surface area contributed by atoms with Gasteiger partial charge >= 0.3 is 0 Å². The molecule has 0 saturated heterocycles. The summed E-state index contributed by atoms with van der Waals surface area (Å²) in [5.74, 6) is -1.95. The van der Waals surface area contributed by atoms with Crippen molar-refractivity contribution in [3.8, 4) is 0 Å². The van der Waals surface area contributed by atoms with E-state index in [1.54, 1.807) is 18.2 Å². The minimum atomic E-state index is -0.990. The van der Waals surface area contributed by atoms with Gasteiger partial charge in [-0.1, -0.05) is 41.7 Å². The fraction of sp³-hybridized carbons (Fsp3) is 0.200. The first-order valence-corrected chi connectivity index (χ1v) is 7.40. The summed E-state index contributed by atoms with van der Waals surface area (Å²) in [5.41, 5.74) is 1.06. The third-order valence-corrected chi connectivity index (χ3v) is 3.93. The molecule has 0 spiro atoms. The fourth-order valence-electron chi connectivity index (χ4n) is 2.09. The van der Waals surface area contributed by atoms with Crippen molar-refractivity contribution < 1.29 is 8.78 Å². The third kappa shape index (κ3) is 3.67. The molecule has 0 aliphatic heterocycles. The van der Waals surface area contributed by atoms with Crippen LogP contribution in [0, 0.1) is 11.6 Å². The Labute approximate surface area is 136 Å². The molecule has 0 saturated carbocycles. The average molecular weight is 351 g/mol. The summed E-state index contributed by atoms with van der Waals surface area (Å²) in [5, 5.41) is 4.24. The topological polar surface area (TPSA) is 12.0 Å².